The number of nitrogens with zero attached hydrogens (tertiary/aromatic N) is 1. The second-order valence-corrected chi connectivity index (χ2v) is 8.48. The third kappa shape index (κ3) is 3.66. The second-order valence-electron chi connectivity index (χ2n) is 5.83. The van der Waals surface area contributed by atoms with Gasteiger partial charge in [-0.1, -0.05) is 6.92 Å². The predicted octanol–water partition coefficient (Wildman–Crippen LogP) is 0.882. The van der Waals surface area contributed by atoms with E-state index >= 15 is 0 Å². The van der Waals surface area contributed by atoms with Gasteiger partial charge in [0.05, 0.1) is 4.75 Å². The molecule has 0 amide bonds. The molecule has 1 rings (SSSR count). The van der Waals surface area contributed by atoms with Crippen molar-refractivity contribution >= 4 is 9.84 Å². The average molecular weight is 262 g/mol. The lowest BCUT2D eigenvalue weighted by Crippen LogP contribution is -2.59. The second kappa shape index (κ2) is 5.24. The van der Waals surface area contributed by atoms with Gasteiger partial charge in [-0.3, -0.25) is 4.90 Å². The van der Waals surface area contributed by atoms with Gasteiger partial charge in [-0.25, -0.2) is 8.42 Å². The van der Waals surface area contributed by atoms with E-state index in [4.69, 9.17) is 0 Å². The maximum atomic E-state index is 11.8. The molecule has 0 saturated carbocycles. The summed E-state index contributed by atoms with van der Waals surface area (Å²) in [7, 11) is -3.01. The normalized spacial score (nSPS) is 28.3. The topological polar surface area (TPSA) is 49.4 Å². The number of hydrogen-bond acceptors (Lipinski definition) is 4. The Morgan fingerprint density at radius 2 is 2.00 bits per heavy atom. The lowest BCUT2D eigenvalue weighted by Gasteiger charge is -2.42. The maximum Gasteiger partial charge on any atom is 0.153 e. The van der Waals surface area contributed by atoms with Crippen LogP contribution in [0.2, 0.25) is 0 Å². The van der Waals surface area contributed by atoms with Crippen LogP contribution in [0.4, 0.5) is 0 Å². The summed E-state index contributed by atoms with van der Waals surface area (Å²) in [5.41, 5.74) is 0. The van der Waals surface area contributed by atoms with Crippen LogP contribution in [0.25, 0.3) is 0 Å². The Morgan fingerprint density at radius 1 is 1.41 bits per heavy atom. The zero-order valence-corrected chi connectivity index (χ0v) is 12.5. The highest BCUT2D eigenvalue weighted by molar-refractivity contribution is 7.92. The Labute approximate surface area is 106 Å². The van der Waals surface area contributed by atoms with Crippen molar-refractivity contribution in [3.8, 4) is 0 Å². The number of rotatable bonds is 4. The molecule has 2 unspecified atom stereocenters. The van der Waals surface area contributed by atoms with E-state index in [0.29, 0.717) is 18.6 Å². The van der Waals surface area contributed by atoms with Crippen molar-refractivity contribution in [3.63, 3.8) is 0 Å². The molecular formula is C12H26N2O2S. The standard InChI is InChI=1S/C12H26N2O2S/c1-6-11-7-13-10(2)8-14(11)9-12(3,4)17(5,15)16/h10-11,13H,6-9H2,1-5H3. The van der Waals surface area contributed by atoms with Crippen LogP contribution in [0.1, 0.15) is 34.1 Å². The summed E-state index contributed by atoms with van der Waals surface area (Å²) in [6.45, 7) is 10.4. The average Bonchev–Trinajstić information content (AvgIpc) is 2.15. The van der Waals surface area contributed by atoms with E-state index in [9.17, 15) is 8.42 Å². The fraction of sp³-hybridized carbons (Fsp3) is 1.00. The summed E-state index contributed by atoms with van der Waals surface area (Å²) in [6, 6.07) is 0.889. The molecule has 0 aromatic heterocycles. The lowest BCUT2D eigenvalue weighted by atomic mass is 10.0. The molecule has 1 saturated heterocycles. The van der Waals surface area contributed by atoms with E-state index in [1.165, 1.54) is 6.26 Å². The van der Waals surface area contributed by atoms with Gasteiger partial charge < -0.3 is 5.32 Å². The van der Waals surface area contributed by atoms with Gasteiger partial charge in [0.25, 0.3) is 0 Å². The van der Waals surface area contributed by atoms with Gasteiger partial charge in [0.1, 0.15) is 0 Å². The first-order valence-corrected chi connectivity index (χ1v) is 8.23. The maximum absolute atomic E-state index is 11.8. The monoisotopic (exact) mass is 262 g/mol. The van der Waals surface area contributed by atoms with Gasteiger partial charge in [0.15, 0.2) is 9.84 Å². The van der Waals surface area contributed by atoms with Crippen molar-refractivity contribution in [2.45, 2.75) is 50.9 Å². The molecule has 1 aliphatic rings. The molecule has 1 aliphatic heterocycles. The third-order valence-electron chi connectivity index (χ3n) is 3.79. The summed E-state index contributed by atoms with van der Waals surface area (Å²) in [5.74, 6) is 0. The van der Waals surface area contributed by atoms with E-state index in [2.05, 4.69) is 24.1 Å². The Morgan fingerprint density at radius 3 is 2.47 bits per heavy atom. The number of sulfone groups is 1. The molecule has 0 radical (unpaired) electrons. The van der Waals surface area contributed by atoms with Gasteiger partial charge in [0.2, 0.25) is 0 Å². The molecule has 0 aromatic rings. The van der Waals surface area contributed by atoms with Crippen LogP contribution in [0.15, 0.2) is 0 Å². The van der Waals surface area contributed by atoms with Crippen molar-refractivity contribution in [2.75, 3.05) is 25.9 Å². The van der Waals surface area contributed by atoms with Crippen molar-refractivity contribution in [2.24, 2.45) is 0 Å². The van der Waals surface area contributed by atoms with Crippen molar-refractivity contribution in [1.82, 2.24) is 10.2 Å². The van der Waals surface area contributed by atoms with Gasteiger partial charge >= 0.3 is 0 Å². The van der Waals surface area contributed by atoms with E-state index in [0.717, 1.165) is 19.5 Å². The van der Waals surface area contributed by atoms with Crippen LogP contribution >= 0.6 is 0 Å². The molecule has 102 valence electrons. The first-order chi connectivity index (χ1) is 7.67. The Bertz CT molecular complexity index is 352. The van der Waals surface area contributed by atoms with Crippen molar-refractivity contribution < 1.29 is 8.42 Å². The zero-order chi connectivity index (χ0) is 13.3. The number of nitrogens with one attached hydrogen (secondary N) is 1. The minimum atomic E-state index is -3.01. The van der Waals surface area contributed by atoms with Crippen LogP contribution < -0.4 is 5.32 Å². The summed E-state index contributed by atoms with van der Waals surface area (Å²) >= 11 is 0. The number of piperazine rings is 1. The molecule has 1 N–H and O–H groups in total. The van der Waals surface area contributed by atoms with E-state index in [1.807, 2.05) is 13.8 Å². The van der Waals surface area contributed by atoms with Crippen LogP contribution in [0.5, 0.6) is 0 Å². The SMILES string of the molecule is CCC1CNC(C)CN1CC(C)(C)S(C)(=O)=O. The Kier molecular flexibility index (Phi) is 4.60. The van der Waals surface area contributed by atoms with Crippen LogP contribution in [-0.2, 0) is 9.84 Å². The Hall–Kier alpha value is -0.130. The molecule has 0 spiro atoms. The first kappa shape index (κ1) is 14.9. The Balaban J connectivity index is 2.77. The predicted molar refractivity (Wildman–Crippen MR) is 72.0 cm³/mol. The summed E-state index contributed by atoms with van der Waals surface area (Å²) in [6.07, 6.45) is 2.39. The van der Waals surface area contributed by atoms with Crippen LogP contribution in [0.3, 0.4) is 0 Å². The molecule has 0 aliphatic carbocycles. The molecule has 1 heterocycles. The molecule has 0 aromatic carbocycles. The molecule has 17 heavy (non-hydrogen) atoms. The van der Waals surface area contributed by atoms with Crippen LogP contribution in [0, 0.1) is 0 Å². The molecule has 0 bridgehead atoms. The quantitative estimate of drug-likeness (QED) is 0.817. The highest BCUT2D eigenvalue weighted by atomic mass is 32.2. The molecule has 1 fully saturated rings. The molecule has 5 heteroatoms. The van der Waals surface area contributed by atoms with Crippen molar-refractivity contribution in [1.29, 1.82) is 0 Å². The minimum absolute atomic E-state index is 0.438. The van der Waals surface area contributed by atoms with Gasteiger partial charge in [-0.05, 0) is 27.2 Å². The molecular weight excluding hydrogens is 236 g/mol. The van der Waals surface area contributed by atoms with E-state index < -0.39 is 14.6 Å². The highest BCUT2D eigenvalue weighted by Crippen LogP contribution is 2.20. The third-order valence-corrected chi connectivity index (χ3v) is 5.92. The molecule has 2 atom stereocenters. The van der Waals surface area contributed by atoms with E-state index in [-0.39, 0.29) is 0 Å². The van der Waals surface area contributed by atoms with Gasteiger partial charge in [0, 0.05) is 38.0 Å². The molecule has 4 nitrogen and oxygen atoms in total. The highest BCUT2D eigenvalue weighted by Gasteiger charge is 2.35. The largest absolute Gasteiger partial charge is 0.311 e. The number of hydrogen-bond donors (Lipinski definition) is 1. The lowest BCUT2D eigenvalue weighted by molar-refractivity contribution is 0.122. The minimum Gasteiger partial charge on any atom is -0.311 e. The first-order valence-electron chi connectivity index (χ1n) is 6.34. The summed E-state index contributed by atoms with van der Waals surface area (Å²) < 4.78 is 22.9. The van der Waals surface area contributed by atoms with Gasteiger partial charge in [-0.2, -0.15) is 0 Å². The fourth-order valence-corrected chi connectivity index (χ4v) is 2.63. The smallest absolute Gasteiger partial charge is 0.153 e. The summed E-state index contributed by atoms with van der Waals surface area (Å²) in [4.78, 5) is 2.32. The zero-order valence-electron chi connectivity index (χ0n) is 11.7. The van der Waals surface area contributed by atoms with Crippen molar-refractivity contribution in [3.05, 3.63) is 0 Å². The summed E-state index contributed by atoms with van der Waals surface area (Å²) in [5, 5.41) is 3.45. The van der Waals surface area contributed by atoms with Crippen LogP contribution in [-0.4, -0.2) is 56.0 Å². The van der Waals surface area contributed by atoms with E-state index in [1.54, 1.807) is 0 Å². The fourth-order valence-electron chi connectivity index (χ4n) is 2.23. The van der Waals surface area contributed by atoms with Gasteiger partial charge in [-0.15, -0.1) is 0 Å².